The van der Waals surface area contributed by atoms with Crippen LogP contribution >= 0.6 is 11.3 Å². The van der Waals surface area contributed by atoms with Crippen molar-refractivity contribution in [3.05, 3.63) is 82.3 Å². The van der Waals surface area contributed by atoms with E-state index in [1.165, 1.54) is 5.41 Å². The highest BCUT2D eigenvalue weighted by Gasteiger charge is 2.07. The summed E-state index contributed by atoms with van der Waals surface area (Å²) in [6.45, 7) is 2.19. The molecular formula is C19H18N2O2S2. The second-order valence-electron chi connectivity index (χ2n) is 5.64. The van der Waals surface area contributed by atoms with E-state index in [4.69, 9.17) is 0 Å². The Morgan fingerprint density at radius 3 is 2.68 bits per heavy atom. The van der Waals surface area contributed by atoms with E-state index < -0.39 is 10.0 Å². The maximum atomic E-state index is 12.1. The molecule has 25 heavy (non-hydrogen) atoms. The van der Waals surface area contributed by atoms with Crippen LogP contribution in [0.3, 0.4) is 0 Å². The predicted octanol–water partition coefficient (Wildman–Crippen LogP) is 4.21. The van der Waals surface area contributed by atoms with E-state index in [2.05, 4.69) is 9.71 Å². The summed E-state index contributed by atoms with van der Waals surface area (Å²) in [7, 11) is -3.51. The highest BCUT2D eigenvalue weighted by molar-refractivity contribution is 7.92. The lowest BCUT2D eigenvalue weighted by atomic mass is 10.2. The molecule has 3 rings (SSSR count). The zero-order chi connectivity index (χ0) is 17.7. The fourth-order valence-electron chi connectivity index (χ4n) is 2.24. The van der Waals surface area contributed by atoms with Gasteiger partial charge in [0, 0.05) is 34.8 Å². The van der Waals surface area contributed by atoms with Crippen molar-refractivity contribution in [2.24, 2.45) is 0 Å². The first-order valence-electron chi connectivity index (χ1n) is 7.74. The van der Waals surface area contributed by atoms with Crippen LogP contribution in [0.5, 0.6) is 0 Å². The lowest BCUT2D eigenvalue weighted by Crippen LogP contribution is -2.20. The van der Waals surface area contributed by atoms with Crippen LogP contribution in [-0.2, 0) is 16.6 Å². The number of pyridine rings is 1. The van der Waals surface area contributed by atoms with Crippen molar-refractivity contribution in [2.75, 3.05) is 0 Å². The summed E-state index contributed by atoms with van der Waals surface area (Å²) < 4.78 is 26.9. The molecule has 128 valence electrons. The van der Waals surface area contributed by atoms with Crippen LogP contribution in [0, 0.1) is 6.92 Å². The zero-order valence-electron chi connectivity index (χ0n) is 13.7. The first-order chi connectivity index (χ1) is 12.0. The minimum atomic E-state index is -3.51. The van der Waals surface area contributed by atoms with Crippen LogP contribution in [0.25, 0.3) is 16.5 Å². The first kappa shape index (κ1) is 17.5. The Balaban J connectivity index is 1.66. The van der Waals surface area contributed by atoms with Crippen LogP contribution in [0.15, 0.2) is 65.6 Å². The monoisotopic (exact) mass is 370 g/mol. The van der Waals surface area contributed by atoms with Gasteiger partial charge in [0.15, 0.2) is 0 Å². The van der Waals surface area contributed by atoms with Gasteiger partial charge < -0.3 is 0 Å². The van der Waals surface area contributed by atoms with Crippen LogP contribution in [0.2, 0.25) is 0 Å². The van der Waals surface area contributed by atoms with Gasteiger partial charge in [-0.1, -0.05) is 35.9 Å². The topological polar surface area (TPSA) is 59.1 Å². The van der Waals surface area contributed by atoms with Crippen molar-refractivity contribution in [3.8, 4) is 10.4 Å². The number of thiophene rings is 1. The quantitative estimate of drug-likeness (QED) is 0.707. The van der Waals surface area contributed by atoms with Crippen LogP contribution in [0.4, 0.5) is 0 Å². The molecule has 0 bridgehead atoms. The van der Waals surface area contributed by atoms with Crippen molar-refractivity contribution in [1.29, 1.82) is 0 Å². The van der Waals surface area contributed by atoms with Gasteiger partial charge in [-0.25, -0.2) is 13.1 Å². The molecule has 4 nitrogen and oxygen atoms in total. The molecule has 1 aromatic carbocycles. The van der Waals surface area contributed by atoms with Gasteiger partial charge in [-0.15, -0.1) is 11.3 Å². The molecule has 3 aromatic rings. The van der Waals surface area contributed by atoms with Gasteiger partial charge in [0.05, 0.1) is 0 Å². The third kappa shape index (κ3) is 5.09. The molecule has 0 aliphatic heterocycles. The molecule has 0 fully saturated rings. The van der Waals surface area contributed by atoms with Crippen molar-refractivity contribution in [1.82, 2.24) is 9.71 Å². The number of aromatic nitrogens is 1. The van der Waals surface area contributed by atoms with Gasteiger partial charge in [-0.3, -0.25) is 4.98 Å². The standard InChI is InChI=1S/C19H18N2O2S2/c1-15-4-6-16(7-5-15)8-10-25(22,23)21-13-17-11-18(14-20-12-17)19-3-2-9-24-19/h2-12,14,21H,13H2,1H3/b10-8+. The van der Waals surface area contributed by atoms with Gasteiger partial charge in [0.25, 0.3) is 0 Å². The van der Waals surface area contributed by atoms with Crippen LogP contribution in [-0.4, -0.2) is 13.4 Å². The lowest BCUT2D eigenvalue weighted by Gasteiger charge is -2.05. The van der Waals surface area contributed by atoms with Crippen molar-refractivity contribution < 1.29 is 8.42 Å². The number of nitrogens with zero attached hydrogens (tertiary/aromatic N) is 1. The van der Waals surface area contributed by atoms with Gasteiger partial charge in [-0.05, 0) is 41.6 Å². The van der Waals surface area contributed by atoms with Crippen LogP contribution in [0.1, 0.15) is 16.7 Å². The molecule has 1 N–H and O–H groups in total. The normalized spacial score (nSPS) is 11.9. The minimum absolute atomic E-state index is 0.201. The molecular weight excluding hydrogens is 352 g/mol. The van der Waals surface area contributed by atoms with E-state index in [9.17, 15) is 8.42 Å². The second-order valence-corrected chi connectivity index (χ2v) is 8.24. The largest absolute Gasteiger partial charge is 0.264 e. The third-order valence-electron chi connectivity index (χ3n) is 3.60. The van der Waals surface area contributed by atoms with Crippen molar-refractivity contribution in [3.63, 3.8) is 0 Å². The number of hydrogen-bond acceptors (Lipinski definition) is 4. The maximum Gasteiger partial charge on any atom is 0.234 e. The van der Waals surface area contributed by atoms with E-state index in [0.717, 1.165) is 27.1 Å². The van der Waals surface area contributed by atoms with Gasteiger partial charge in [0.1, 0.15) is 0 Å². The summed E-state index contributed by atoms with van der Waals surface area (Å²) in [4.78, 5) is 5.30. The van der Waals surface area contributed by atoms with Crippen LogP contribution < -0.4 is 4.72 Å². The summed E-state index contributed by atoms with van der Waals surface area (Å²) in [5.74, 6) is 0. The average molecular weight is 370 g/mol. The molecule has 0 aliphatic carbocycles. The molecule has 6 heteroatoms. The molecule has 0 saturated carbocycles. The molecule has 0 spiro atoms. The first-order valence-corrected chi connectivity index (χ1v) is 10.2. The molecule has 0 radical (unpaired) electrons. The fraction of sp³-hybridized carbons (Fsp3) is 0.105. The van der Waals surface area contributed by atoms with Gasteiger partial charge in [-0.2, -0.15) is 0 Å². The van der Waals surface area contributed by atoms with E-state index in [1.807, 2.05) is 54.8 Å². The predicted molar refractivity (Wildman–Crippen MR) is 104 cm³/mol. The molecule has 2 heterocycles. The number of benzene rings is 1. The minimum Gasteiger partial charge on any atom is -0.264 e. The van der Waals surface area contributed by atoms with Crippen molar-refractivity contribution in [2.45, 2.75) is 13.5 Å². The summed E-state index contributed by atoms with van der Waals surface area (Å²) in [5.41, 5.74) is 3.79. The summed E-state index contributed by atoms with van der Waals surface area (Å²) in [6.07, 6.45) is 5.03. The van der Waals surface area contributed by atoms with Crippen molar-refractivity contribution >= 4 is 27.4 Å². The molecule has 0 unspecified atom stereocenters. The SMILES string of the molecule is Cc1ccc(/C=C/S(=O)(=O)NCc2cncc(-c3cccs3)c2)cc1. The Hall–Kier alpha value is -2.28. The molecule has 0 amide bonds. The molecule has 0 aliphatic rings. The Labute approximate surface area is 151 Å². The van der Waals surface area contributed by atoms with E-state index >= 15 is 0 Å². The number of nitrogens with one attached hydrogen (secondary N) is 1. The Morgan fingerprint density at radius 1 is 1.16 bits per heavy atom. The fourth-order valence-corrected chi connectivity index (χ4v) is 3.75. The smallest absolute Gasteiger partial charge is 0.234 e. The number of rotatable bonds is 6. The maximum absolute atomic E-state index is 12.1. The Kier molecular flexibility index (Phi) is 5.43. The molecule has 2 aromatic heterocycles. The Bertz CT molecular complexity index is 961. The average Bonchev–Trinajstić information content (AvgIpc) is 3.15. The second kappa shape index (κ2) is 7.74. The zero-order valence-corrected chi connectivity index (χ0v) is 15.3. The summed E-state index contributed by atoms with van der Waals surface area (Å²) in [6, 6.07) is 13.6. The van der Waals surface area contributed by atoms with Gasteiger partial charge in [0.2, 0.25) is 10.0 Å². The molecule has 0 atom stereocenters. The molecule has 0 saturated heterocycles. The Morgan fingerprint density at radius 2 is 1.96 bits per heavy atom. The highest BCUT2D eigenvalue weighted by Crippen LogP contribution is 2.24. The highest BCUT2D eigenvalue weighted by atomic mass is 32.2. The van der Waals surface area contributed by atoms with E-state index in [-0.39, 0.29) is 6.54 Å². The lowest BCUT2D eigenvalue weighted by molar-refractivity contribution is 0.590. The number of aryl methyl sites for hydroxylation is 1. The third-order valence-corrected chi connectivity index (χ3v) is 5.56. The summed E-state index contributed by atoms with van der Waals surface area (Å²) in [5, 5.41) is 3.19. The number of hydrogen-bond donors (Lipinski definition) is 1. The van der Waals surface area contributed by atoms with E-state index in [0.29, 0.717) is 0 Å². The van der Waals surface area contributed by atoms with Gasteiger partial charge >= 0.3 is 0 Å². The summed E-state index contributed by atoms with van der Waals surface area (Å²) >= 11 is 1.63. The van der Waals surface area contributed by atoms with E-state index in [1.54, 1.807) is 29.8 Å². The number of sulfonamides is 1.